The van der Waals surface area contributed by atoms with Crippen LogP contribution in [-0.4, -0.2) is 19.2 Å². The third-order valence-electron chi connectivity index (χ3n) is 2.46. The van der Waals surface area contributed by atoms with Gasteiger partial charge in [0.05, 0.1) is 19.4 Å². The predicted molar refractivity (Wildman–Crippen MR) is 78.6 cm³/mol. The fourth-order valence-electron chi connectivity index (χ4n) is 1.53. The van der Waals surface area contributed by atoms with E-state index in [2.05, 4.69) is 26.6 Å². The Morgan fingerprint density at radius 2 is 2.15 bits per heavy atom. The molecule has 0 aliphatic carbocycles. The van der Waals surface area contributed by atoms with Crippen molar-refractivity contribution in [3.05, 3.63) is 52.9 Å². The smallest absolute Gasteiger partial charge is 0.315 e. The van der Waals surface area contributed by atoms with Gasteiger partial charge in [0.1, 0.15) is 18.1 Å². The quantitative estimate of drug-likeness (QED) is 0.796. The van der Waals surface area contributed by atoms with Gasteiger partial charge in [0.25, 0.3) is 0 Å². The van der Waals surface area contributed by atoms with Crippen molar-refractivity contribution in [1.82, 2.24) is 10.6 Å². The number of furan rings is 1. The molecule has 20 heavy (non-hydrogen) atoms. The second kappa shape index (κ2) is 7.59. The van der Waals surface area contributed by atoms with Gasteiger partial charge in [0, 0.05) is 4.47 Å². The largest absolute Gasteiger partial charge is 0.492 e. The Kier molecular flexibility index (Phi) is 5.49. The molecule has 0 saturated carbocycles. The van der Waals surface area contributed by atoms with Crippen molar-refractivity contribution >= 4 is 22.0 Å². The highest BCUT2D eigenvalue weighted by Gasteiger charge is 2.01. The lowest BCUT2D eigenvalue weighted by Gasteiger charge is -2.08. The number of benzene rings is 1. The van der Waals surface area contributed by atoms with Crippen LogP contribution in [0.25, 0.3) is 0 Å². The molecule has 0 saturated heterocycles. The summed E-state index contributed by atoms with van der Waals surface area (Å²) in [4.78, 5) is 11.5. The Morgan fingerprint density at radius 3 is 2.90 bits per heavy atom. The summed E-state index contributed by atoms with van der Waals surface area (Å²) in [5, 5.41) is 5.39. The molecule has 1 heterocycles. The van der Waals surface area contributed by atoms with Crippen molar-refractivity contribution in [3.8, 4) is 5.75 Å². The molecule has 2 rings (SSSR count). The van der Waals surface area contributed by atoms with Crippen molar-refractivity contribution in [1.29, 1.82) is 0 Å². The molecule has 106 valence electrons. The zero-order valence-electron chi connectivity index (χ0n) is 10.8. The van der Waals surface area contributed by atoms with E-state index in [4.69, 9.17) is 9.15 Å². The zero-order valence-corrected chi connectivity index (χ0v) is 12.4. The second-order valence-electron chi connectivity index (χ2n) is 3.99. The normalized spacial score (nSPS) is 10.1. The number of ether oxygens (including phenoxy) is 1. The van der Waals surface area contributed by atoms with Crippen LogP contribution in [0.5, 0.6) is 5.75 Å². The Hall–Kier alpha value is -1.95. The standard InChI is InChI=1S/C14H15BrN2O3/c15-11-3-1-4-12(9-11)20-8-6-16-14(18)17-10-13-5-2-7-19-13/h1-5,7,9H,6,8,10H2,(H2,16,17,18). The number of carbonyl (C=O) groups excluding carboxylic acids is 1. The molecule has 0 bridgehead atoms. The summed E-state index contributed by atoms with van der Waals surface area (Å²) in [5.74, 6) is 1.47. The van der Waals surface area contributed by atoms with Gasteiger partial charge in [-0.15, -0.1) is 0 Å². The first-order valence-corrected chi connectivity index (χ1v) is 6.96. The average molecular weight is 339 g/mol. The number of urea groups is 1. The van der Waals surface area contributed by atoms with Crippen LogP contribution < -0.4 is 15.4 Å². The molecule has 5 nitrogen and oxygen atoms in total. The number of amides is 2. The van der Waals surface area contributed by atoms with Crippen LogP contribution in [0.3, 0.4) is 0 Å². The number of nitrogens with one attached hydrogen (secondary N) is 2. The van der Waals surface area contributed by atoms with Gasteiger partial charge in [-0.25, -0.2) is 4.79 Å². The molecule has 0 aliphatic rings. The average Bonchev–Trinajstić information content (AvgIpc) is 2.95. The minimum Gasteiger partial charge on any atom is -0.492 e. The maximum atomic E-state index is 11.5. The summed E-state index contributed by atoms with van der Waals surface area (Å²) in [6.45, 7) is 1.20. The van der Waals surface area contributed by atoms with E-state index >= 15 is 0 Å². The summed E-state index contributed by atoms with van der Waals surface area (Å²) in [6.07, 6.45) is 1.57. The molecule has 0 fully saturated rings. The van der Waals surface area contributed by atoms with E-state index in [1.54, 1.807) is 18.4 Å². The Labute approximate surface area is 125 Å². The Bertz CT molecular complexity index is 543. The van der Waals surface area contributed by atoms with E-state index in [1.807, 2.05) is 24.3 Å². The van der Waals surface area contributed by atoms with Crippen molar-refractivity contribution in [2.45, 2.75) is 6.54 Å². The molecule has 0 spiro atoms. The number of carbonyl (C=O) groups is 1. The first kappa shape index (κ1) is 14.5. The maximum absolute atomic E-state index is 11.5. The van der Waals surface area contributed by atoms with Gasteiger partial charge >= 0.3 is 6.03 Å². The van der Waals surface area contributed by atoms with Gasteiger partial charge in [-0.1, -0.05) is 22.0 Å². The monoisotopic (exact) mass is 338 g/mol. The fraction of sp³-hybridized carbons (Fsp3) is 0.214. The van der Waals surface area contributed by atoms with E-state index < -0.39 is 0 Å². The topological polar surface area (TPSA) is 63.5 Å². The summed E-state index contributed by atoms with van der Waals surface area (Å²) >= 11 is 3.37. The van der Waals surface area contributed by atoms with Crippen LogP contribution in [-0.2, 0) is 6.54 Å². The SMILES string of the molecule is O=C(NCCOc1cccc(Br)c1)NCc1ccco1. The molecular formula is C14H15BrN2O3. The third kappa shape index (κ3) is 4.97. The fourth-order valence-corrected chi connectivity index (χ4v) is 1.91. The van der Waals surface area contributed by atoms with Crippen molar-refractivity contribution in [2.24, 2.45) is 0 Å². The highest BCUT2D eigenvalue weighted by molar-refractivity contribution is 9.10. The molecule has 1 aromatic carbocycles. The molecular weight excluding hydrogens is 324 g/mol. The summed E-state index contributed by atoms with van der Waals surface area (Å²) in [7, 11) is 0. The number of rotatable bonds is 6. The Morgan fingerprint density at radius 1 is 1.25 bits per heavy atom. The first-order valence-electron chi connectivity index (χ1n) is 6.16. The van der Waals surface area contributed by atoms with Gasteiger partial charge in [-0.3, -0.25) is 0 Å². The van der Waals surface area contributed by atoms with E-state index in [1.165, 1.54) is 0 Å². The highest BCUT2D eigenvalue weighted by atomic mass is 79.9. The van der Waals surface area contributed by atoms with Crippen LogP contribution in [0.4, 0.5) is 4.79 Å². The maximum Gasteiger partial charge on any atom is 0.315 e. The lowest BCUT2D eigenvalue weighted by Crippen LogP contribution is -2.37. The van der Waals surface area contributed by atoms with Crippen LogP contribution in [0, 0.1) is 0 Å². The molecule has 6 heteroatoms. The number of halogens is 1. The van der Waals surface area contributed by atoms with Crippen LogP contribution >= 0.6 is 15.9 Å². The summed E-state index contributed by atoms with van der Waals surface area (Å²) in [6, 6.07) is 10.9. The van der Waals surface area contributed by atoms with Gasteiger partial charge in [-0.05, 0) is 30.3 Å². The van der Waals surface area contributed by atoms with Crippen LogP contribution in [0.2, 0.25) is 0 Å². The van der Waals surface area contributed by atoms with E-state index in [0.29, 0.717) is 25.5 Å². The van der Waals surface area contributed by atoms with Gasteiger partial charge in [-0.2, -0.15) is 0 Å². The molecule has 2 amide bonds. The predicted octanol–water partition coefficient (Wildman–Crippen LogP) is 2.92. The summed E-state index contributed by atoms with van der Waals surface area (Å²) < 4.78 is 11.6. The minimum atomic E-state index is -0.251. The molecule has 0 radical (unpaired) electrons. The molecule has 0 atom stereocenters. The summed E-state index contributed by atoms with van der Waals surface area (Å²) in [5.41, 5.74) is 0. The number of hydrogen-bond donors (Lipinski definition) is 2. The van der Waals surface area contributed by atoms with Gasteiger partial charge in [0.2, 0.25) is 0 Å². The Balaban J connectivity index is 1.59. The van der Waals surface area contributed by atoms with Crippen LogP contribution in [0.15, 0.2) is 51.6 Å². The lowest BCUT2D eigenvalue weighted by molar-refractivity contribution is 0.235. The van der Waals surface area contributed by atoms with Gasteiger partial charge < -0.3 is 19.8 Å². The van der Waals surface area contributed by atoms with E-state index in [0.717, 1.165) is 10.2 Å². The second-order valence-corrected chi connectivity index (χ2v) is 4.91. The van der Waals surface area contributed by atoms with Crippen molar-refractivity contribution in [2.75, 3.05) is 13.2 Å². The van der Waals surface area contributed by atoms with E-state index in [9.17, 15) is 4.79 Å². The van der Waals surface area contributed by atoms with E-state index in [-0.39, 0.29) is 6.03 Å². The third-order valence-corrected chi connectivity index (χ3v) is 2.95. The lowest BCUT2D eigenvalue weighted by atomic mass is 10.3. The highest BCUT2D eigenvalue weighted by Crippen LogP contribution is 2.17. The zero-order chi connectivity index (χ0) is 14.2. The molecule has 2 aromatic rings. The van der Waals surface area contributed by atoms with Crippen molar-refractivity contribution in [3.63, 3.8) is 0 Å². The number of hydrogen-bond acceptors (Lipinski definition) is 3. The molecule has 2 N–H and O–H groups in total. The molecule has 0 unspecified atom stereocenters. The van der Waals surface area contributed by atoms with Gasteiger partial charge in [0.15, 0.2) is 0 Å². The van der Waals surface area contributed by atoms with Crippen LogP contribution in [0.1, 0.15) is 5.76 Å². The first-order chi connectivity index (χ1) is 9.74. The van der Waals surface area contributed by atoms with Crippen molar-refractivity contribution < 1.29 is 13.9 Å². The molecule has 0 aliphatic heterocycles. The minimum absolute atomic E-state index is 0.251. The molecule has 1 aromatic heterocycles.